The topological polar surface area (TPSA) is 21.3 Å². The maximum atomic E-state index is 13.2. The van der Waals surface area contributed by atoms with Gasteiger partial charge < -0.3 is 10.1 Å². The molecule has 4 heteroatoms. The molecule has 0 saturated carbocycles. The van der Waals surface area contributed by atoms with Gasteiger partial charge >= 0.3 is 0 Å². The second-order valence-corrected chi connectivity index (χ2v) is 4.04. The van der Waals surface area contributed by atoms with E-state index in [2.05, 4.69) is 5.32 Å². The molecule has 1 N–H and O–H groups in total. The van der Waals surface area contributed by atoms with Crippen molar-refractivity contribution in [2.24, 2.45) is 0 Å². The first-order chi connectivity index (χ1) is 7.70. The summed E-state index contributed by atoms with van der Waals surface area (Å²) in [6.45, 7) is 6.22. The number of halogens is 2. The van der Waals surface area contributed by atoms with Crippen molar-refractivity contribution in [3.63, 3.8) is 0 Å². The van der Waals surface area contributed by atoms with Gasteiger partial charge in [0.2, 0.25) is 0 Å². The van der Waals surface area contributed by atoms with Crippen molar-refractivity contribution in [2.75, 3.05) is 13.2 Å². The van der Waals surface area contributed by atoms with Crippen LogP contribution in [0.5, 0.6) is 0 Å². The van der Waals surface area contributed by atoms with Crippen LogP contribution in [-0.2, 0) is 11.3 Å². The van der Waals surface area contributed by atoms with Gasteiger partial charge in [0.05, 0.1) is 6.10 Å². The monoisotopic (exact) mass is 261 g/mol. The minimum atomic E-state index is -0.145. The smallest absolute Gasteiger partial charge is 0.127 e. The van der Waals surface area contributed by atoms with Crippen LogP contribution in [0.3, 0.4) is 0 Å². The van der Waals surface area contributed by atoms with Crippen LogP contribution in [0.1, 0.15) is 25.8 Å². The molecule has 0 bridgehead atoms. The molecule has 0 aliphatic rings. The van der Waals surface area contributed by atoms with Crippen molar-refractivity contribution in [2.45, 2.75) is 32.9 Å². The number of hydrogen-bond acceptors (Lipinski definition) is 2. The van der Waals surface area contributed by atoms with E-state index in [4.69, 9.17) is 4.74 Å². The van der Waals surface area contributed by atoms with Gasteiger partial charge in [0.1, 0.15) is 5.82 Å². The van der Waals surface area contributed by atoms with E-state index in [9.17, 15) is 4.39 Å². The fourth-order valence-corrected chi connectivity index (χ4v) is 1.38. The highest BCUT2D eigenvalue weighted by molar-refractivity contribution is 5.85. The quantitative estimate of drug-likeness (QED) is 0.762. The molecule has 0 amide bonds. The first-order valence-electron chi connectivity index (χ1n) is 5.76. The fraction of sp³-hybridized carbons (Fsp3) is 0.538. The average molecular weight is 262 g/mol. The minimum Gasteiger partial charge on any atom is -0.379 e. The summed E-state index contributed by atoms with van der Waals surface area (Å²) in [4.78, 5) is 0. The number of hydrogen-bond donors (Lipinski definition) is 1. The molecular weight excluding hydrogens is 241 g/mol. The molecule has 1 rings (SSSR count). The van der Waals surface area contributed by atoms with Gasteiger partial charge in [0, 0.05) is 18.7 Å². The SMILES string of the molecule is CC(C)OCCCNCc1ccccc1F.Cl. The van der Waals surface area contributed by atoms with Gasteiger partial charge in [0.15, 0.2) is 0 Å². The van der Waals surface area contributed by atoms with E-state index in [-0.39, 0.29) is 24.3 Å². The van der Waals surface area contributed by atoms with Crippen molar-refractivity contribution in [3.8, 4) is 0 Å². The lowest BCUT2D eigenvalue weighted by Crippen LogP contribution is -2.18. The van der Waals surface area contributed by atoms with Crippen molar-refractivity contribution in [3.05, 3.63) is 35.6 Å². The van der Waals surface area contributed by atoms with E-state index >= 15 is 0 Å². The van der Waals surface area contributed by atoms with E-state index in [1.807, 2.05) is 19.9 Å². The summed E-state index contributed by atoms with van der Waals surface area (Å²) in [5, 5.41) is 3.20. The Morgan fingerprint density at radius 3 is 2.65 bits per heavy atom. The number of rotatable bonds is 7. The van der Waals surface area contributed by atoms with Crippen molar-refractivity contribution < 1.29 is 9.13 Å². The maximum absolute atomic E-state index is 13.2. The highest BCUT2D eigenvalue weighted by atomic mass is 35.5. The molecule has 0 saturated heterocycles. The summed E-state index contributed by atoms with van der Waals surface area (Å²) in [5.41, 5.74) is 0.715. The first-order valence-corrected chi connectivity index (χ1v) is 5.76. The highest BCUT2D eigenvalue weighted by Gasteiger charge is 1.99. The number of ether oxygens (including phenoxy) is 1. The predicted molar refractivity (Wildman–Crippen MR) is 71.1 cm³/mol. The molecular formula is C13H21ClFNO. The summed E-state index contributed by atoms with van der Waals surface area (Å²) in [7, 11) is 0. The first kappa shape index (κ1) is 16.4. The summed E-state index contributed by atoms with van der Waals surface area (Å²) >= 11 is 0. The standard InChI is InChI=1S/C13H20FNO.ClH/c1-11(2)16-9-5-8-15-10-12-6-3-4-7-13(12)14;/h3-4,6-7,11,15H,5,8-10H2,1-2H3;1H. The molecule has 0 aliphatic carbocycles. The lowest BCUT2D eigenvalue weighted by molar-refractivity contribution is 0.0770. The van der Waals surface area contributed by atoms with Crippen molar-refractivity contribution in [1.82, 2.24) is 5.32 Å². The average Bonchev–Trinajstić information content (AvgIpc) is 2.25. The predicted octanol–water partition coefficient (Wildman–Crippen LogP) is 3.15. The van der Waals surface area contributed by atoms with Gasteiger partial charge in [-0.05, 0) is 32.9 Å². The molecule has 0 aromatic heterocycles. The third-order valence-corrected chi connectivity index (χ3v) is 2.22. The molecule has 1 aromatic rings. The van der Waals surface area contributed by atoms with Crippen LogP contribution >= 0.6 is 12.4 Å². The Kier molecular flexibility index (Phi) is 9.04. The van der Waals surface area contributed by atoms with Crippen molar-refractivity contribution in [1.29, 1.82) is 0 Å². The summed E-state index contributed by atoms with van der Waals surface area (Å²) in [5.74, 6) is -0.145. The van der Waals surface area contributed by atoms with E-state index in [1.165, 1.54) is 6.07 Å². The molecule has 0 spiro atoms. The second kappa shape index (κ2) is 9.40. The van der Waals surface area contributed by atoms with Gasteiger partial charge in [-0.1, -0.05) is 18.2 Å². The number of benzene rings is 1. The molecule has 1 aromatic carbocycles. The zero-order chi connectivity index (χ0) is 11.8. The van der Waals surface area contributed by atoms with E-state index in [0.717, 1.165) is 19.6 Å². The van der Waals surface area contributed by atoms with Crippen LogP contribution in [0.25, 0.3) is 0 Å². The Labute approximate surface area is 109 Å². The van der Waals surface area contributed by atoms with Crippen LogP contribution in [-0.4, -0.2) is 19.3 Å². The molecule has 0 heterocycles. The van der Waals surface area contributed by atoms with E-state index in [1.54, 1.807) is 12.1 Å². The van der Waals surface area contributed by atoms with Crippen LogP contribution in [0.15, 0.2) is 24.3 Å². The lowest BCUT2D eigenvalue weighted by Gasteiger charge is -2.08. The molecule has 17 heavy (non-hydrogen) atoms. The maximum Gasteiger partial charge on any atom is 0.127 e. The van der Waals surface area contributed by atoms with Crippen LogP contribution in [0.4, 0.5) is 4.39 Å². The molecule has 0 aliphatic heterocycles. The van der Waals surface area contributed by atoms with Gasteiger partial charge in [-0.25, -0.2) is 4.39 Å². The van der Waals surface area contributed by atoms with Crippen LogP contribution < -0.4 is 5.32 Å². The van der Waals surface area contributed by atoms with Crippen LogP contribution in [0, 0.1) is 5.82 Å². The Balaban J connectivity index is 0.00000256. The molecule has 0 atom stereocenters. The Bertz CT molecular complexity index is 307. The van der Waals surface area contributed by atoms with E-state index in [0.29, 0.717) is 12.1 Å². The molecule has 2 nitrogen and oxygen atoms in total. The Morgan fingerprint density at radius 2 is 2.00 bits per heavy atom. The Morgan fingerprint density at radius 1 is 1.29 bits per heavy atom. The zero-order valence-corrected chi connectivity index (χ0v) is 11.2. The third kappa shape index (κ3) is 7.31. The molecule has 0 radical (unpaired) electrons. The normalized spacial score (nSPS) is 10.4. The van der Waals surface area contributed by atoms with Crippen LogP contribution in [0.2, 0.25) is 0 Å². The van der Waals surface area contributed by atoms with Gasteiger partial charge in [-0.2, -0.15) is 0 Å². The summed E-state index contributed by atoms with van der Waals surface area (Å²) in [6.07, 6.45) is 1.23. The van der Waals surface area contributed by atoms with Crippen molar-refractivity contribution >= 4 is 12.4 Å². The fourth-order valence-electron chi connectivity index (χ4n) is 1.38. The third-order valence-electron chi connectivity index (χ3n) is 2.22. The zero-order valence-electron chi connectivity index (χ0n) is 10.4. The van der Waals surface area contributed by atoms with Gasteiger partial charge in [-0.3, -0.25) is 0 Å². The van der Waals surface area contributed by atoms with Gasteiger partial charge in [-0.15, -0.1) is 12.4 Å². The second-order valence-electron chi connectivity index (χ2n) is 4.04. The Hall–Kier alpha value is -0.640. The minimum absolute atomic E-state index is 0. The molecule has 0 fully saturated rings. The van der Waals surface area contributed by atoms with E-state index < -0.39 is 0 Å². The highest BCUT2D eigenvalue weighted by Crippen LogP contribution is 2.05. The molecule has 98 valence electrons. The lowest BCUT2D eigenvalue weighted by atomic mass is 10.2. The molecule has 0 unspecified atom stereocenters. The summed E-state index contributed by atoms with van der Waals surface area (Å²) in [6, 6.07) is 6.84. The number of nitrogens with one attached hydrogen (secondary N) is 1. The summed E-state index contributed by atoms with van der Waals surface area (Å²) < 4.78 is 18.6. The van der Waals surface area contributed by atoms with Gasteiger partial charge in [0.25, 0.3) is 0 Å². The largest absolute Gasteiger partial charge is 0.379 e.